The molecule has 1 aliphatic heterocycles. The first-order valence-corrected chi connectivity index (χ1v) is 12.3. The van der Waals surface area contributed by atoms with Crippen molar-refractivity contribution in [3.05, 3.63) is 41.4 Å². The molecule has 0 saturated carbocycles. The number of rotatable bonds is 7. The van der Waals surface area contributed by atoms with Crippen molar-refractivity contribution in [1.82, 2.24) is 10.1 Å². The number of ether oxygens (including phenoxy) is 4. The van der Waals surface area contributed by atoms with Gasteiger partial charge in [-0.15, -0.1) is 0 Å². The van der Waals surface area contributed by atoms with Crippen molar-refractivity contribution in [3.63, 3.8) is 0 Å². The Kier molecular flexibility index (Phi) is 5.46. The summed E-state index contributed by atoms with van der Waals surface area (Å²) in [5, 5.41) is 6.67. The second kappa shape index (κ2) is 8.45. The van der Waals surface area contributed by atoms with Crippen LogP contribution in [0.5, 0.6) is 28.2 Å². The van der Waals surface area contributed by atoms with Crippen LogP contribution in [0.4, 0.5) is 5.82 Å². The van der Waals surface area contributed by atoms with Crippen LogP contribution in [0.15, 0.2) is 45.3 Å². The lowest BCUT2D eigenvalue weighted by molar-refractivity contribution is 0.288. The summed E-state index contributed by atoms with van der Waals surface area (Å²) in [6.07, 6.45) is 3.12. The Bertz CT molecular complexity index is 1390. The molecule has 0 saturated heterocycles. The van der Waals surface area contributed by atoms with Crippen LogP contribution >= 0.6 is 11.3 Å². The maximum Gasteiger partial charge on any atom is 0.278 e. The lowest BCUT2D eigenvalue weighted by Gasteiger charge is -2.20. The van der Waals surface area contributed by atoms with Gasteiger partial charge in [-0.25, -0.2) is 13.4 Å². The molecule has 33 heavy (non-hydrogen) atoms. The third-order valence-electron chi connectivity index (χ3n) is 5.09. The molecule has 0 amide bonds. The van der Waals surface area contributed by atoms with E-state index in [1.165, 1.54) is 37.7 Å². The minimum absolute atomic E-state index is 0.00286. The Morgan fingerprint density at radius 3 is 2.64 bits per heavy atom. The lowest BCUT2D eigenvalue weighted by Crippen LogP contribution is -2.16. The van der Waals surface area contributed by atoms with Gasteiger partial charge in [-0.1, -0.05) is 22.6 Å². The van der Waals surface area contributed by atoms with Gasteiger partial charge in [0.15, 0.2) is 16.3 Å². The molecule has 1 N–H and O–H groups in total. The van der Waals surface area contributed by atoms with Crippen LogP contribution in [0.25, 0.3) is 11.0 Å². The van der Waals surface area contributed by atoms with E-state index in [4.69, 9.17) is 23.5 Å². The number of anilines is 1. The van der Waals surface area contributed by atoms with Crippen LogP contribution in [0.2, 0.25) is 0 Å². The molecular weight excluding hydrogens is 470 g/mol. The topological polar surface area (TPSA) is 122 Å². The fourth-order valence-electron chi connectivity index (χ4n) is 3.68. The van der Waals surface area contributed by atoms with Gasteiger partial charge < -0.3 is 23.5 Å². The molecule has 0 aliphatic carbocycles. The maximum absolute atomic E-state index is 13.3. The van der Waals surface area contributed by atoms with Gasteiger partial charge >= 0.3 is 0 Å². The van der Waals surface area contributed by atoms with Crippen molar-refractivity contribution in [2.24, 2.45) is 0 Å². The molecule has 0 spiro atoms. The Morgan fingerprint density at radius 1 is 1.15 bits per heavy atom. The van der Waals surface area contributed by atoms with E-state index in [-0.39, 0.29) is 22.2 Å². The minimum Gasteiger partial charge on any atom is -0.495 e. The average Bonchev–Trinajstić information content (AvgIpc) is 3.48. The van der Waals surface area contributed by atoms with Gasteiger partial charge in [-0.2, -0.15) is 0 Å². The van der Waals surface area contributed by atoms with Crippen molar-refractivity contribution < 1.29 is 31.9 Å². The molecule has 172 valence electrons. The highest BCUT2D eigenvalue weighted by molar-refractivity contribution is 7.93. The lowest BCUT2D eigenvalue weighted by atomic mass is 10.0. The summed E-state index contributed by atoms with van der Waals surface area (Å²) < 4.78 is 57.0. The number of benzene rings is 2. The van der Waals surface area contributed by atoms with E-state index in [1.807, 2.05) is 5.38 Å². The minimum atomic E-state index is -4.16. The van der Waals surface area contributed by atoms with Crippen LogP contribution in [0.1, 0.15) is 12.0 Å². The van der Waals surface area contributed by atoms with Crippen LogP contribution in [-0.2, 0) is 16.4 Å². The Balaban J connectivity index is 1.61. The molecule has 10 nitrogen and oxygen atoms in total. The Hall–Kier alpha value is -3.51. The number of hydrogen-bond acceptors (Lipinski definition) is 10. The van der Waals surface area contributed by atoms with Gasteiger partial charge in [0.1, 0.15) is 28.4 Å². The molecule has 2 aromatic carbocycles. The van der Waals surface area contributed by atoms with E-state index in [0.717, 1.165) is 12.0 Å². The van der Waals surface area contributed by atoms with Crippen LogP contribution in [-0.4, -0.2) is 39.4 Å². The van der Waals surface area contributed by atoms with Gasteiger partial charge in [0.25, 0.3) is 15.2 Å². The molecule has 0 bridgehead atoms. The Labute approximate surface area is 193 Å². The predicted octanol–water partition coefficient (Wildman–Crippen LogP) is 4.22. The van der Waals surface area contributed by atoms with Gasteiger partial charge in [0.2, 0.25) is 0 Å². The molecule has 0 unspecified atom stereocenters. The molecule has 0 fully saturated rings. The quantitative estimate of drug-likeness (QED) is 0.406. The first-order chi connectivity index (χ1) is 16.0. The summed E-state index contributed by atoms with van der Waals surface area (Å²) in [6.45, 7) is 0.473. The van der Waals surface area contributed by atoms with E-state index >= 15 is 0 Å². The number of fused-ring (bicyclic) bond motifs is 3. The first kappa shape index (κ1) is 21.3. The molecule has 12 heteroatoms. The monoisotopic (exact) mass is 489 g/mol. The van der Waals surface area contributed by atoms with Crippen LogP contribution in [0.3, 0.4) is 0 Å². The molecule has 3 heterocycles. The summed E-state index contributed by atoms with van der Waals surface area (Å²) in [5.74, 6) is 1.26. The normalized spacial score (nSPS) is 13.3. The van der Waals surface area contributed by atoms with E-state index in [0.29, 0.717) is 40.7 Å². The van der Waals surface area contributed by atoms with Crippen LogP contribution in [0, 0.1) is 0 Å². The summed E-state index contributed by atoms with van der Waals surface area (Å²) >= 11 is 1.36. The Morgan fingerprint density at radius 2 is 1.94 bits per heavy atom. The van der Waals surface area contributed by atoms with E-state index in [9.17, 15) is 8.42 Å². The average molecular weight is 490 g/mol. The molecule has 2 aromatic heterocycles. The van der Waals surface area contributed by atoms with Crippen molar-refractivity contribution in [2.75, 3.05) is 25.5 Å². The van der Waals surface area contributed by atoms with Gasteiger partial charge in [0, 0.05) is 23.2 Å². The molecule has 1 aliphatic rings. The van der Waals surface area contributed by atoms with E-state index in [2.05, 4.69) is 14.9 Å². The van der Waals surface area contributed by atoms with Gasteiger partial charge in [0.05, 0.1) is 20.8 Å². The number of nitrogens with zero attached hydrogens (tertiary/aromatic N) is 2. The summed E-state index contributed by atoms with van der Waals surface area (Å²) in [7, 11) is -1.39. The number of thiazole rings is 1. The fraction of sp³-hybridized carbons (Fsp3) is 0.238. The highest BCUT2D eigenvalue weighted by Crippen LogP contribution is 2.45. The zero-order chi connectivity index (χ0) is 23.0. The zero-order valence-corrected chi connectivity index (χ0v) is 19.3. The second-order valence-electron chi connectivity index (χ2n) is 7.04. The summed E-state index contributed by atoms with van der Waals surface area (Å²) in [5.41, 5.74) is 1.11. The third-order valence-corrected chi connectivity index (χ3v) is 7.14. The summed E-state index contributed by atoms with van der Waals surface area (Å²) in [6, 6.07) is 6.37. The number of methoxy groups -OCH3 is 2. The number of sulfonamides is 1. The van der Waals surface area contributed by atoms with Crippen LogP contribution < -0.4 is 23.7 Å². The second-order valence-corrected chi connectivity index (χ2v) is 9.51. The SMILES string of the molecule is COc1cccc(OC)c1S(=O)(=O)Nc1noc2cc(Oc3nccs3)c3c(c12)OCCC3. The fourth-order valence-corrected chi connectivity index (χ4v) is 5.51. The molecule has 5 rings (SSSR count). The molecule has 0 atom stereocenters. The highest BCUT2D eigenvalue weighted by atomic mass is 32.2. The zero-order valence-electron chi connectivity index (χ0n) is 17.7. The first-order valence-electron chi connectivity index (χ1n) is 9.91. The number of aromatic nitrogens is 2. The van der Waals surface area contributed by atoms with Crippen molar-refractivity contribution in [3.8, 4) is 28.2 Å². The van der Waals surface area contributed by atoms with Crippen molar-refractivity contribution >= 4 is 38.1 Å². The number of nitrogens with one attached hydrogen (secondary N) is 1. The standard InChI is InChI=1S/C21H19N3O7S2/c1-27-13-6-3-7-14(28-2)19(13)33(25,26)24-20-17-16(31-23-20)11-15(30-21-22-8-10-32-21)12-5-4-9-29-18(12)17/h3,6-8,10-11H,4-5,9H2,1-2H3,(H,23,24). The smallest absolute Gasteiger partial charge is 0.278 e. The molecular formula is C21H19N3O7S2. The summed E-state index contributed by atoms with van der Waals surface area (Å²) in [4.78, 5) is 4.01. The van der Waals surface area contributed by atoms with E-state index in [1.54, 1.807) is 18.3 Å². The maximum atomic E-state index is 13.3. The molecule has 0 radical (unpaired) electrons. The highest BCUT2D eigenvalue weighted by Gasteiger charge is 2.30. The van der Waals surface area contributed by atoms with Gasteiger partial charge in [-0.05, 0) is 25.0 Å². The van der Waals surface area contributed by atoms with Crippen molar-refractivity contribution in [1.29, 1.82) is 0 Å². The number of hydrogen-bond donors (Lipinski definition) is 1. The predicted molar refractivity (Wildman–Crippen MR) is 120 cm³/mol. The van der Waals surface area contributed by atoms with Gasteiger partial charge in [-0.3, -0.25) is 4.72 Å². The largest absolute Gasteiger partial charge is 0.495 e. The third kappa shape index (κ3) is 3.80. The van der Waals surface area contributed by atoms with E-state index < -0.39 is 10.0 Å². The molecule has 4 aromatic rings. The van der Waals surface area contributed by atoms with Crippen molar-refractivity contribution in [2.45, 2.75) is 17.7 Å².